The van der Waals surface area contributed by atoms with E-state index in [-0.39, 0.29) is 33.4 Å². The minimum Gasteiger partial charge on any atom is -0.376 e. The van der Waals surface area contributed by atoms with Crippen LogP contribution in [0.1, 0.15) is 33.6 Å². The highest BCUT2D eigenvalue weighted by molar-refractivity contribution is 7.80. The van der Waals surface area contributed by atoms with Gasteiger partial charge in [-0.05, 0) is 49.3 Å². The molecule has 0 aliphatic carbocycles. The molecule has 162 valence electrons. The Kier molecular flexibility index (Phi) is 7.50. The molecule has 31 heavy (non-hydrogen) atoms. The molecule has 1 saturated heterocycles. The molecule has 1 fully saturated rings. The molecule has 2 aromatic rings. The number of ether oxygens (including phenoxy) is 1. The molecule has 2 aromatic carbocycles. The van der Waals surface area contributed by atoms with Gasteiger partial charge in [-0.15, -0.1) is 0 Å². The van der Waals surface area contributed by atoms with Crippen molar-refractivity contribution in [1.29, 1.82) is 0 Å². The molecule has 1 unspecified atom stereocenters. The number of carbonyl (C=O) groups is 2. The Balaban J connectivity index is 1.64. The number of nitrogens with zero attached hydrogens (tertiary/aromatic N) is 1. The minimum atomic E-state index is -0.679. The normalized spacial score (nSPS) is 15.2. The van der Waals surface area contributed by atoms with Gasteiger partial charge in [-0.2, -0.15) is 0 Å². The number of nitro benzene ring substituents is 1. The monoisotopic (exact) mass is 462 g/mol. The van der Waals surface area contributed by atoms with Gasteiger partial charge >= 0.3 is 0 Å². The number of hydrogen-bond donors (Lipinski definition) is 3. The molecule has 11 heteroatoms. The van der Waals surface area contributed by atoms with E-state index in [0.717, 1.165) is 18.9 Å². The highest BCUT2D eigenvalue weighted by Gasteiger charge is 2.19. The highest BCUT2D eigenvalue weighted by Crippen LogP contribution is 2.25. The van der Waals surface area contributed by atoms with Gasteiger partial charge in [0.25, 0.3) is 17.5 Å². The Morgan fingerprint density at radius 3 is 2.71 bits per heavy atom. The van der Waals surface area contributed by atoms with Gasteiger partial charge < -0.3 is 15.4 Å². The molecule has 0 aromatic heterocycles. The zero-order valence-electron chi connectivity index (χ0n) is 16.2. The number of rotatable bonds is 6. The van der Waals surface area contributed by atoms with Crippen LogP contribution < -0.4 is 16.0 Å². The molecule has 0 bridgehead atoms. The van der Waals surface area contributed by atoms with E-state index >= 15 is 0 Å². The topological polar surface area (TPSA) is 123 Å². The Morgan fingerprint density at radius 1 is 1.23 bits per heavy atom. The van der Waals surface area contributed by atoms with Gasteiger partial charge in [-0.1, -0.05) is 23.7 Å². The number of nitrogens with one attached hydrogen (secondary N) is 3. The summed E-state index contributed by atoms with van der Waals surface area (Å²) in [5.74, 6) is -0.960. The molecular weight excluding hydrogens is 444 g/mol. The Hall–Kier alpha value is -3.08. The summed E-state index contributed by atoms with van der Waals surface area (Å²) in [5, 5.41) is 18.9. The van der Waals surface area contributed by atoms with Crippen LogP contribution in [-0.4, -0.2) is 41.1 Å². The quantitative estimate of drug-likeness (QED) is 0.342. The number of carbonyl (C=O) groups excluding carboxylic acids is 2. The average Bonchev–Trinajstić information content (AvgIpc) is 3.26. The summed E-state index contributed by atoms with van der Waals surface area (Å²) in [4.78, 5) is 35.3. The van der Waals surface area contributed by atoms with Crippen molar-refractivity contribution in [3.63, 3.8) is 0 Å². The van der Waals surface area contributed by atoms with E-state index in [1.54, 1.807) is 24.3 Å². The number of halogens is 1. The molecule has 3 rings (SSSR count). The van der Waals surface area contributed by atoms with E-state index < -0.39 is 10.8 Å². The Bertz CT molecular complexity index is 1030. The number of thiocarbonyl (C=S) groups is 1. The average molecular weight is 463 g/mol. The lowest BCUT2D eigenvalue weighted by Crippen LogP contribution is -2.35. The molecular formula is C20H19ClN4O5S. The molecule has 1 heterocycles. The smallest absolute Gasteiger partial charge is 0.288 e. The van der Waals surface area contributed by atoms with E-state index in [1.807, 2.05) is 0 Å². The van der Waals surface area contributed by atoms with Gasteiger partial charge in [-0.25, -0.2) is 0 Å². The largest absolute Gasteiger partial charge is 0.376 e. The third kappa shape index (κ3) is 5.97. The van der Waals surface area contributed by atoms with Crippen molar-refractivity contribution in [3.8, 4) is 0 Å². The van der Waals surface area contributed by atoms with Crippen LogP contribution in [0.2, 0.25) is 5.02 Å². The number of anilines is 1. The van der Waals surface area contributed by atoms with Gasteiger partial charge in [0.1, 0.15) is 5.02 Å². The minimum absolute atomic E-state index is 0.00729. The number of para-hydroxylation sites is 1. The van der Waals surface area contributed by atoms with Crippen LogP contribution in [0.15, 0.2) is 42.5 Å². The van der Waals surface area contributed by atoms with Crippen LogP contribution in [0.5, 0.6) is 0 Å². The highest BCUT2D eigenvalue weighted by atomic mass is 35.5. The van der Waals surface area contributed by atoms with Gasteiger partial charge in [-0.3, -0.25) is 25.0 Å². The summed E-state index contributed by atoms with van der Waals surface area (Å²) in [6, 6.07) is 10.4. The van der Waals surface area contributed by atoms with Gasteiger partial charge in [0, 0.05) is 24.8 Å². The van der Waals surface area contributed by atoms with E-state index in [0.29, 0.717) is 24.4 Å². The first kappa shape index (κ1) is 22.6. The van der Waals surface area contributed by atoms with Crippen molar-refractivity contribution in [2.24, 2.45) is 0 Å². The maximum Gasteiger partial charge on any atom is 0.288 e. The summed E-state index contributed by atoms with van der Waals surface area (Å²) in [6.45, 7) is 1.10. The second-order valence-electron chi connectivity index (χ2n) is 6.72. The van der Waals surface area contributed by atoms with Crippen LogP contribution >= 0.6 is 23.8 Å². The van der Waals surface area contributed by atoms with Crippen molar-refractivity contribution in [3.05, 3.63) is 68.7 Å². The van der Waals surface area contributed by atoms with E-state index in [2.05, 4.69) is 16.0 Å². The molecule has 1 aliphatic rings. The fourth-order valence-electron chi connectivity index (χ4n) is 3.02. The lowest BCUT2D eigenvalue weighted by Gasteiger charge is -2.15. The van der Waals surface area contributed by atoms with E-state index in [4.69, 9.17) is 28.6 Å². The lowest BCUT2D eigenvalue weighted by molar-refractivity contribution is -0.384. The maximum atomic E-state index is 12.6. The van der Waals surface area contributed by atoms with Crippen LogP contribution in [0.3, 0.4) is 0 Å². The van der Waals surface area contributed by atoms with Crippen LogP contribution in [0, 0.1) is 10.1 Å². The zero-order chi connectivity index (χ0) is 22.4. The standard InChI is InChI=1S/C20H19ClN4O5S/c21-15-8-7-12(10-17(15)25(28)29)18(26)24-20(31)23-16-6-2-1-5-14(16)19(27)22-11-13-4-3-9-30-13/h1-2,5-8,10,13H,3-4,9,11H2,(H,22,27)(H2,23,24,26,31). The first-order valence-electron chi connectivity index (χ1n) is 9.40. The summed E-state index contributed by atoms with van der Waals surface area (Å²) in [6.07, 6.45) is 1.88. The molecule has 1 aliphatic heterocycles. The summed E-state index contributed by atoms with van der Waals surface area (Å²) >= 11 is 10.9. The predicted molar refractivity (Wildman–Crippen MR) is 120 cm³/mol. The second kappa shape index (κ2) is 10.3. The number of amides is 2. The predicted octanol–water partition coefficient (Wildman–Crippen LogP) is 3.28. The van der Waals surface area contributed by atoms with Crippen LogP contribution in [-0.2, 0) is 4.74 Å². The Morgan fingerprint density at radius 2 is 2.00 bits per heavy atom. The SMILES string of the molecule is O=C(NC(=S)Nc1ccccc1C(=O)NCC1CCCO1)c1ccc(Cl)c([N+](=O)[O-])c1. The third-order valence-corrected chi connectivity index (χ3v) is 5.09. The van der Waals surface area contributed by atoms with Gasteiger partial charge in [0.2, 0.25) is 0 Å². The van der Waals surface area contributed by atoms with E-state index in [9.17, 15) is 19.7 Å². The third-order valence-electron chi connectivity index (χ3n) is 4.57. The van der Waals surface area contributed by atoms with Crippen LogP contribution in [0.4, 0.5) is 11.4 Å². The van der Waals surface area contributed by atoms with Crippen molar-refractivity contribution in [2.75, 3.05) is 18.5 Å². The summed E-state index contributed by atoms with van der Waals surface area (Å²) < 4.78 is 5.50. The number of nitro groups is 1. The first-order chi connectivity index (χ1) is 14.8. The maximum absolute atomic E-state index is 12.6. The number of hydrogen-bond acceptors (Lipinski definition) is 6. The van der Waals surface area contributed by atoms with E-state index in [1.165, 1.54) is 12.1 Å². The van der Waals surface area contributed by atoms with Crippen molar-refractivity contribution < 1.29 is 19.2 Å². The molecule has 9 nitrogen and oxygen atoms in total. The van der Waals surface area contributed by atoms with Crippen molar-refractivity contribution in [1.82, 2.24) is 10.6 Å². The summed E-state index contributed by atoms with van der Waals surface area (Å²) in [5.41, 5.74) is 0.378. The van der Waals surface area contributed by atoms with Crippen molar-refractivity contribution in [2.45, 2.75) is 18.9 Å². The number of benzene rings is 2. The zero-order valence-corrected chi connectivity index (χ0v) is 17.8. The molecule has 0 saturated carbocycles. The molecule has 2 amide bonds. The fourth-order valence-corrected chi connectivity index (χ4v) is 3.41. The van der Waals surface area contributed by atoms with Gasteiger partial charge in [0.15, 0.2) is 5.11 Å². The molecule has 0 radical (unpaired) electrons. The fraction of sp³-hybridized carbons (Fsp3) is 0.250. The lowest BCUT2D eigenvalue weighted by atomic mass is 10.1. The second-order valence-corrected chi connectivity index (χ2v) is 7.54. The van der Waals surface area contributed by atoms with Crippen LogP contribution in [0.25, 0.3) is 0 Å². The molecule has 1 atom stereocenters. The van der Waals surface area contributed by atoms with Crippen molar-refractivity contribution >= 4 is 52.1 Å². The van der Waals surface area contributed by atoms with Gasteiger partial charge in [0.05, 0.1) is 22.3 Å². The Labute approximate surface area is 188 Å². The summed E-state index contributed by atoms with van der Waals surface area (Å²) in [7, 11) is 0. The molecule has 3 N–H and O–H groups in total. The first-order valence-corrected chi connectivity index (χ1v) is 10.2. The molecule has 0 spiro atoms.